The van der Waals surface area contributed by atoms with Crippen molar-refractivity contribution >= 4 is 0 Å². The smallest absolute Gasteiger partial charge is 0.305 e. The minimum atomic E-state index is 0. The summed E-state index contributed by atoms with van der Waals surface area (Å²) >= 11 is 0. The molecule has 65 heavy (non-hydrogen) atoms. The molecule has 0 radical (unpaired) electrons. The molecule has 7 aromatic carbocycles. The van der Waals surface area contributed by atoms with Crippen molar-refractivity contribution in [3.63, 3.8) is 0 Å². The number of nitrogens with zero attached hydrogens (tertiary/aromatic N) is 3. The van der Waals surface area contributed by atoms with Gasteiger partial charge < -0.3 is 15.0 Å². The van der Waals surface area contributed by atoms with E-state index < -0.39 is 0 Å². The molecule has 0 atom stereocenters. The predicted octanol–water partition coefficient (Wildman–Crippen LogP) is 14.5. The molecule has 4 heteroatoms. The molecule has 0 saturated carbocycles. The van der Waals surface area contributed by atoms with Crippen LogP contribution in [-0.2, 0) is 45.8 Å². The van der Waals surface area contributed by atoms with Crippen LogP contribution in [0.3, 0.4) is 0 Å². The zero-order valence-electron chi connectivity index (χ0n) is 35.8. The third-order valence-electron chi connectivity index (χ3n) is 11.8. The van der Waals surface area contributed by atoms with Gasteiger partial charge in [0.1, 0.15) is 0 Å². The fourth-order valence-electron chi connectivity index (χ4n) is 8.33. The van der Waals surface area contributed by atoms with Crippen molar-refractivity contribution in [1.82, 2.24) is 15.0 Å². The first kappa shape index (κ1) is 42.9. The molecule has 0 spiro atoms. The number of aryl methyl sites for hydroxylation is 4. The van der Waals surface area contributed by atoms with Crippen molar-refractivity contribution < 1.29 is 20.1 Å². The molecule has 10 rings (SSSR count). The van der Waals surface area contributed by atoms with Gasteiger partial charge in [0.15, 0.2) is 0 Å². The number of aromatic nitrogens is 3. The van der Waals surface area contributed by atoms with Crippen molar-refractivity contribution in [2.24, 2.45) is 0 Å². The second-order valence-electron chi connectivity index (χ2n) is 16.1. The number of benzene rings is 7. The minimum Gasteiger partial charge on any atom is -0.305 e. The van der Waals surface area contributed by atoms with E-state index in [2.05, 4.69) is 176 Å². The van der Waals surface area contributed by atoms with Crippen molar-refractivity contribution in [2.45, 2.75) is 25.7 Å². The van der Waals surface area contributed by atoms with Crippen LogP contribution in [0.2, 0.25) is 0 Å². The Bertz CT molecular complexity index is 2990. The Morgan fingerprint density at radius 2 is 0.831 bits per heavy atom. The molecule has 0 aliphatic rings. The molecule has 0 fully saturated rings. The van der Waals surface area contributed by atoms with Gasteiger partial charge in [-0.05, 0) is 104 Å². The van der Waals surface area contributed by atoms with E-state index in [1.165, 1.54) is 50.1 Å². The Labute approximate surface area is 396 Å². The largest absolute Gasteiger partial charge is 3.00 e. The molecule has 312 valence electrons. The summed E-state index contributed by atoms with van der Waals surface area (Å²) in [6.07, 6.45) is 9.49. The van der Waals surface area contributed by atoms with Gasteiger partial charge in [0.2, 0.25) is 0 Å². The Morgan fingerprint density at radius 3 is 1.37 bits per heavy atom. The van der Waals surface area contributed by atoms with Crippen molar-refractivity contribution in [1.29, 1.82) is 0 Å². The fraction of sp³-hybridized carbons (Fsp3) is 0.0656. The van der Waals surface area contributed by atoms with E-state index in [-0.39, 0.29) is 20.1 Å². The van der Waals surface area contributed by atoms with Gasteiger partial charge in [0.25, 0.3) is 0 Å². The summed E-state index contributed by atoms with van der Waals surface area (Å²) in [4.78, 5) is 14.3. The van der Waals surface area contributed by atoms with E-state index in [0.29, 0.717) is 0 Å². The van der Waals surface area contributed by atoms with E-state index >= 15 is 0 Å². The molecule has 3 nitrogen and oxygen atoms in total. The molecule has 10 aromatic rings. The first-order chi connectivity index (χ1) is 31.7. The van der Waals surface area contributed by atoms with E-state index in [1.54, 1.807) is 0 Å². The Kier molecular flexibility index (Phi) is 13.5. The molecule has 0 saturated heterocycles. The van der Waals surface area contributed by atoms with Gasteiger partial charge in [0.05, 0.1) is 0 Å². The van der Waals surface area contributed by atoms with Crippen LogP contribution in [0.1, 0.15) is 22.3 Å². The van der Waals surface area contributed by atoms with Crippen LogP contribution in [-0.4, -0.2) is 15.0 Å². The van der Waals surface area contributed by atoms with E-state index in [1.807, 2.05) is 61.1 Å². The first-order valence-electron chi connectivity index (χ1n) is 21.9. The molecule has 0 bridgehead atoms. The zero-order chi connectivity index (χ0) is 42.9. The summed E-state index contributed by atoms with van der Waals surface area (Å²) in [6.45, 7) is 0. The molecule has 3 heterocycles. The van der Waals surface area contributed by atoms with Gasteiger partial charge in [-0.3, -0.25) is 0 Å². The quantitative estimate of drug-likeness (QED) is 0.108. The second kappa shape index (κ2) is 20.4. The van der Waals surface area contributed by atoms with Gasteiger partial charge in [-0.1, -0.05) is 139 Å². The van der Waals surface area contributed by atoms with Crippen molar-refractivity contribution in [2.75, 3.05) is 0 Å². The Morgan fingerprint density at radius 1 is 0.323 bits per heavy atom. The molecular weight excluding hydrogens is 967 g/mol. The summed E-state index contributed by atoms with van der Waals surface area (Å²) in [5.41, 5.74) is 20.2. The fourth-order valence-corrected chi connectivity index (χ4v) is 8.33. The third-order valence-corrected chi connectivity index (χ3v) is 11.8. The molecule has 3 aromatic heterocycles. The third kappa shape index (κ3) is 10.4. The second-order valence-corrected chi connectivity index (χ2v) is 16.1. The van der Waals surface area contributed by atoms with Crippen LogP contribution < -0.4 is 0 Å². The molecule has 0 amide bonds. The summed E-state index contributed by atoms with van der Waals surface area (Å²) in [6, 6.07) is 80.5. The van der Waals surface area contributed by atoms with Crippen LogP contribution in [0.25, 0.3) is 78.3 Å². The number of pyridine rings is 3. The average Bonchev–Trinajstić information content (AvgIpc) is 3.38. The maximum atomic E-state index is 4.79. The van der Waals surface area contributed by atoms with Crippen LogP contribution in [0, 0.1) is 18.2 Å². The van der Waals surface area contributed by atoms with E-state index in [0.717, 1.165) is 76.1 Å². The van der Waals surface area contributed by atoms with E-state index in [4.69, 9.17) is 15.0 Å². The standard InChI is InChI=1S/C61H44N3.Ir/c1-4-12-48(13-5-1)49-26-28-50(29-27-49)55-36-37-62-61(41-55)54-32-30-51(31-33-54)57-18-10-11-19-58(57)56-39-46(22-20-44-24-34-59(63-42-44)52-14-6-2-7-15-52)38-47(40-56)23-21-45-25-35-60(64-43-45)53-16-8-3-9-17-53;/h1-14,16,18-19,24-32,34-43H,20-23H2;/q-3;+3. The first-order valence-corrected chi connectivity index (χ1v) is 21.9. The molecule has 0 aliphatic heterocycles. The van der Waals surface area contributed by atoms with Crippen molar-refractivity contribution in [3.05, 3.63) is 259 Å². The average molecular weight is 1010 g/mol. The van der Waals surface area contributed by atoms with Crippen LogP contribution in [0.5, 0.6) is 0 Å². The van der Waals surface area contributed by atoms with Crippen LogP contribution in [0.15, 0.2) is 219 Å². The Hall–Kier alpha value is -7.36. The number of hydrogen-bond acceptors (Lipinski definition) is 3. The zero-order valence-corrected chi connectivity index (χ0v) is 38.2. The minimum absolute atomic E-state index is 0. The molecule has 0 aliphatic carbocycles. The summed E-state index contributed by atoms with van der Waals surface area (Å²) in [7, 11) is 0. The predicted molar refractivity (Wildman–Crippen MR) is 262 cm³/mol. The maximum absolute atomic E-state index is 4.79. The molecule has 0 unspecified atom stereocenters. The normalized spacial score (nSPS) is 10.9. The molecule has 0 N–H and O–H groups in total. The van der Waals surface area contributed by atoms with Crippen LogP contribution >= 0.6 is 0 Å². The Balaban J connectivity index is 0.00000533. The summed E-state index contributed by atoms with van der Waals surface area (Å²) < 4.78 is 0. The van der Waals surface area contributed by atoms with Crippen molar-refractivity contribution in [3.8, 4) is 78.3 Å². The SMILES string of the molecule is [Ir+3].[c-]1ccccc1-c1ccc(CCc2cc(CCc3ccc(-c4[c-]cccc4)nc3)cc(-c3ccccc3-c3c[c-]c(-c4cc(-c5ccc(-c6ccccc6)cc5)ccn4)cc3)c2)cn1. The van der Waals surface area contributed by atoms with Gasteiger partial charge in [-0.2, -0.15) is 0 Å². The number of hydrogen-bond donors (Lipinski definition) is 0. The van der Waals surface area contributed by atoms with Gasteiger partial charge in [-0.25, -0.2) is 0 Å². The van der Waals surface area contributed by atoms with Gasteiger partial charge in [0, 0.05) is 18.6 Å². The number of rotatable bonds is 13. The monoisotopic (exact) mass is 1010 g/mol. The van der Waals surface area contributed by atoms with Gasteiger partial charge >= 0.3 is 20.1 Å². The van der Waals surface area contributed by atoms with Crippen LogP contribution in [0.4, 0.5) is 0 Å². The summed E-state index contributed by atoms with van der Waals surface area (Å²) in [5.74, 6) is 0. The summed E-state index contributed by atoms with van der Waals surface area (Å²) in [5, 5.41) is 0. The maximum Gasteiger partial charge on any atom is 3.00 e. The van der Waals surface area contributed by atoms with E-state index in [9.17, 15) is 0 Å². The topological polar surface area (TPSA) is 38.7 Å². The van der Waals surface area contributed by atoms with Gasteiger partial charge in [-0.15, -0.1) is 102 Å². The molecular formula is C61H44IrN3.